The molecule has 3 rings (SSSR count). The summed E-state index contributed by atoms with van der Waals surface area (Å²) in [6.07, 6.45) is 1.52. The van der Waals surface area contributed by atoms with E-state index in [9.17, 15) is 17.6 Å². The van der Waals surface area contributed by atoms with Crippen LogP contribution in [0.25, 0.3) is 16.9 Å². The molecule has 0 aliphatic heterocycles. The van der Waals surface area contributed by atoms with E-state index >= 15 is 0 Å². The van der Waals surface area contributed by atoms with Crippen molar-refractivity contribution in [1.29, 1.82) is 0 Å². The van der Waals surface area contributed by atoms with Crippen LogP contribution in [-0.4, -0.2) is 30.1 Å². The number of nitrogens with zero attached hydrogens (tertiary/aromatic N) is 2. The zero-order valence-corrected chi connectivity index (χ0v) is 14.0. The van der Waals surface area contributed by atoms with Crippen molar-refractivity contribution in [2.45, 2.75) is 13.2 Å². The molecule has 0 spiro atoms. The van der Waals surface area contributed by atoms with Gasteiger partial charge in [0.05, 0.1) is 24.7 Å². The third kappa shape index (κ3) is 4.30. The fourth-order valence-corrected chi connectivity index (χ4v) is 2.50. The maximum atomic E-state index is 12.6. The number of alkyl halides is 4. The Hall–Kier alpha value is -3.23. The molecule has 2 aromatic carbocycles. The lowest BCUT2D eigenvalue weighted by Gasteiger charge is -2.14. The van der Waals surface area contributed by atoms with Gasteiger partial charge in [-0.3, -0.25) is 0 Å². The number of halogens is 4. The van der Waals surface area contributed by atoms with Crippen LogP contribution in [0.2, 0.25) is 0 Å². The van der Waals surface area contributed by atoms with Gasteiger partial charge in [0, 0.05) is 5.56 Å². The number of hydrogen-bond donors (Lipinski definition) is 0. The minimum Gasteiger partial charge on any atom is -0.497 e. The largest absolute Gasteiger partial charge is 0.497 e. The molecule has 0 radical (unpaired) electrons. The number of hydrogen-bond acceptors (Lipinski definition) is 4. The second kappa shape index (κ2) is 7.98. The monoisotopic (exact) mass is 382 g/mol. The van der Waals surface area contributed by atoms with Crippen molar-refractivity contribution in [1.82, 2.24) is 9.78 Å². The number of benzene rings is 2. The molecular weight excluding hydrogens is 368 g/mol. The van der Waals surface area contributed by atoms with Crippen LogP contribution in [0.1, 0.15) is 0 Å². The normalized spacial score (nSPS) is 11.1. The summed E-state index contributed by atoms with van der Waals surface area (Å²) < 4.78 is 65.4. The Morgan fingerprint density at radius 3 is 2.15 bits per heavy atom. The molecule has 0 amide bonds. The quantitative estimate of drug-likeness (QED) is 0.553. The molecule has 0 saturated heterocycles. The van der Waals surface area contributed by atoms with Crippen molar-refractivity contribution in [3.8, 4) is 34.2 Å². The van der Waals surface area contributed by atoms with E-state index in [1.807, 2.05) is 0 Å². The van der Waals surface area contributed by atoms with Crippen LogP contribution in [0, 0.1) is 0 Å². The van der Waals surface area contributed by atoms with Gasteiger partial charge in [0.15, 0.2) is 11.5 Å². The van der Waals surface area contributed by atoms with Gasteiger partial charge in [-0.05, 0) is 48.5 Å². The van der Waals surface area contributed by atoms with E-state index in [4.69, 9.17) is 4.74 Å². The summed E-state index contributed by atoms with van der Waals surface area (Å²) in [6.45, 7) is -6.35. The maximum Gasteiger partial charge on any atom is 0.387 e. The Morgan fingerprint density at radius 1 is 0.852 bits per heavy atom. The van der Waals surface area contributed by atoms with Crippen LogP contribution in [-0.2, 0) is 0 Å². The van der Waals surface area contributed by atoms with Gasteiger partial charge < -0.3 is 14.2 Å². The van der Waals surface area contributed by atoms with Crippen molar-refractivity contribution < 1.29 is 31.8 Å². The summed E-state index contributed by atoms with van der Waals surface area (Å²) >= 11 is 0. The summed E-state index contributed by atoms with van der Waals surface area (Å²) in [4.78, 5) is 0. The Labute approximate surface area is 151 Å². The molecule has 0 unspecified atom stereocenters. The lowest BCUT2D eigenvalue weighted by atomic mass is 10.1. The lowest BCUT2D eigenvalue weighted by molar-refractivity contribution is -0.0692. The van der Waals surface area contributed by atoms with Gasteiger partial charge in [-0.15, -0.1) is 0 Å². The zero-order valence-electron chi connectivity index (χ0n) is 14.0. The van der Waals surface area contributed by atoms with Crippen molar-refractivity contribution in [3.63, 3.8) is 0 Å². The molecule has 3 aromatic rings. The Bertz CT molecular complexity index is 898. The molecule has 0 N–H and O–H groups in total. The third-order valence-electron chi connectivity index (χ3n) is 3.63. The average Bonchev–Trinajstić information content (AvgIpc) is 3.12. The fourth-order valence-electron chi connectivity index (χ4n) is 2.50. The van der Waals surface area contributed by atoms with Gasteiger partial charge in [-0.1, -0.05) is 0 Å². The Balaban J connectivity index is 2.00. The number of ether oxygens (including phenoxy) is 3. The second-order valence-electron chi connectivity index (χ2n) is 5.24. The highest BCUT2D eigenvalue weighted by molar-refractivity contribution is 5.66. The SMILES string of the molecule is COc1ccc(-n2nccc2-c2ccc(OC(F)F)c(OC(F)F)c2)cc1. The van der Waals surface area contributed by atoms with Crippen molar-refractivity contribution in [2.75, 3.05) is 7.11 Å². The van der Waals surface area contributed by atoms with Crippen LogP contribution >= 0.6 is 0 Å². The number of methoxy groups -OCH3 is 1. The van der Waals surface area contributed by atoms with Crippen molar-refractivity contribution >= 4 is 0 Å². The zero-order chi connectivity index (χ0) is 19.4. The van der Waals surface area contributed by atoms with Crippen LogP contribution in [0.5, 0.6) is 17.2 Å². The summed E-state index contributed by atoms with van der Waals surface area (Å²) in [5, 5.41) is 4.22. The molecular formula is C18H14F4N2O3. The van der Waals surface area contributed by atoms with Crippen LogP contribution in [0.15, 0.2) is 54.7 Å². The average molecular weight is 382 g/mol. The standard InChI is InChI=1S/C18H14F4N2O3/c1-25-13-5-3-12(4-6-13)24-14(8-9-23-24)11-2-7-15(26-17(19)20)16(10-11)27-18(21)22/h2-10,17-18H,1H3. The first-order valence-electron chi connectivity index (χ1n) is 7.70. The molecule has 9 heteroatoms. The molecule has 1 aromatic heterocycles. The third-order valence-corrected chi connectivity index (χ3v) is 3.63. The molecule has 0 fully saturated rings. The van der Waals surface area contributed by atoms with Gasteiger partial charge in [-0.2, -0.15) is 22.7 Å². The van der Waals surface area contributed by atoms with E-state index < -0.39 is 24.7 Å². The first-order valence-corrected chi connectivity index (χ1v) is 7.70. The molecule has 0 aliphatic rings. The molecule has 142 valence electrons. The first kappa shape index (κ1) is 18.6. The van der Waals surface area contributed by atoms with E-state index in [1.165, 1.54) is 18.3 Å². The molecule has 27 heavy (non-hydrogen) atoms. The van der Waals surface area contributed by atoms with Gasteiger partial charge in [0.25, 0.3) is 0 Å². The first-order chi connectivity index (χ1) is 13.0. The fraction of sp³-hybridized carbons (Fsp3) is 0.167. The Morgan fingerprint density at radius 2 is 1.52 bits per heavy atom. The van der Waals surface area contributed by atoms with E-state index in [2.05, 4.69) is 14.6 Å². The minimum absolute atomic E-state index is 0.431. The predicted molar refractivity (Wildman–Crippen MR) is 88.8 cm³/mol. The highest BCUT2D eigenvalue weighted by atomic mass is 19.3. The summed E-state index contributed by atoms with van der Waals surface area (Å²) in [6, 6.07) is 12.5. The number of aromatic nitrogens is 2. The van der Waals surface area contributed by atoms with Crippen LogP contribution in [0.3, 0.4) is 0 Å². The predicted octanol–water partition coefficient (Wildman–Crippen LogP) is 4.75. The van der Waals surface area contributed by atoms with Gasteiger partial charge in [0.1, 0.15) is 5.75 Å². The molecule has 0 atom stereocenters. The molecule has 5 nitrogen and oxygen atoms in total. The molecule has 0 aliphatic carbocycles. The van der Waals surface area contributed by atoms with Crippen LogP contribution in [0.4, 0.5) is 17.6 Å². The highest BCUT2D eigenvalue weighted by Gasteiger charge is 2.17. The van der Waals surface area contributed by atoms with E-state index in [-0.39, 0.29) is 0 Å². The Kier molecular flexibility index (Phi) is 5.49. The number of rotatable bonds is 7. The second-order valence-corrected chi connectivity index (χ2v) is 5.24. The van der Waals surface area contributed by atoms with Gasteiger partial charge >= 0.3 is 13.2 Å². The molecule has 0 saturated carbocycles. The summed E-state index contributed by atoms with van der Waals surface area (Å²) in [7, 11) is 1.54. The molecule has 1 heterocycles. The molecule has 0 bridgehead atoms. The van der Waals surface area contributed by atoms with E-state index in [0.29, 0.717) is 22.7 Å². The summed E-state index contributed by atoms with van der Waals surface area (Å²) in [5.41, 5.74) is 1.67. The minimum atomic E-state index is -3.19. The van der Waals surface area contributed by atoms with Gasteiger partial charge in [-0.25, -0.2) is 4.68 Å². The maximum absolute atomic E-state index is 12.6. The van der Waals surface area contributed by atoms with Crippen LogP contribution < -0.4 is 14.2 Å². The van der Waals surface area contributed by atoms with Gasteiger partial charge in [0.2, 0.25) is 0 Å². The van der Waals surface area contributed by atoms with E-state index in [1.54, 1.807) is 42.1 Å². The van der Waals surface area contributed by atoms with Crippen molar-refractivity contribution in [2.24, 2.45) is 0 Å². The summed E-state index contributed by atoms with van der Waals surface area (Å²) in [5.74, 6) is -0.316. The highest BCUT2D eigenvalue weighted by Crippen LogP contribution is 2.35. The topological polar surface area (TPSA) is 45.5 Å². The lowest BCUT2D eigenvalue weighted by Crippen LogP contribution is -2.08. The smallest absolute Gasteiger partial charge is 0.387 e. The van der Waals surface area contributed by atoms with Crippen molar-refractivity contribution in [3.05, 3.63) is 54.7 Å². The van der Waals surface area contributed by atoms with E-state index in [0.717, 1.165) is 6.07 Å².